The summed E-state index contributed by atoms with van der Waals surface area (Å²) in [5.74, 6) is 2.73. The van der Waals surface area contributed by atoms with E-state index in [1.54, 1.807) is 0 Å². The maximum Gasteiger partial charge on any atom is 0.243 e. The van der Waals surface area contributed by atoms with Crippen LogP contribution in [-0.2, 0) is 0 Å². The molecule has 0 saturated heterocycles. The number of aromatic nitrogens is 2. The first kappa shape index (κ1) is 10.6. The van der Waals surface area contributed by atoms with Gasteiger partial charge >= 0.3 is 0 Å². The minimum atomic E-state index is -0.106. The summed E-state index contributed by atoms with van der Waals surface area (Å²) in [5, 5.41) is 4.04. The van der Waals surface area contributed by atoms with Gasteiger partial charge in [-0.1, -0.05) is 19.0 Å². The largest absolute Gasteiger partial charge is 0.338 e. The zero-order chi connectivity index (χ0) is 10.8. The van der Waals surface area contributed by atoms with Gasteiger partial charge in [0.05, 0.1) is 6.04 Å². The van der Waals surface area contributed by atoms with E-state index in [4.69, 9.17) is 10.3 Å². The highest BCUT2D eigenvalue weighted by molar-refractivity contribution is 5.00. The zero-order valence-electron chi connectivity index (χ0n) is 9.44. The average Bonchev–Trinajstić information content (AvgIpc) is 2.84. The van der Waals surface area contributed by atoms with E-state index < -0.39 is 0 Å². The van der Waals surface area contributed by atoms with Gasteiger partial charge in [0.2, 0.25) is 5.89 Å². The molecule has 1 aromatic rings. The molecule has 1 aromatic heterocycles. The summed E-state index contributed by atoms with van der Waals surface area (Å²) in [4.78, 5) is 4.39. The molecule has 3 atom stereocenters. The van der Waals surface area contributed by atoms with Gasteiger partial charge in [-0.15, -0.1) is 0 Å². The molecule has 0 amide bonds. The first-order chi connectivity index (χ1) is 7.20. The molecule has 0 bridgehead atoms. The first-order valence-electron chi connectivity index (χ1n) is 5.79. The van der Waals surface area contributed by atoms with Gasteiger partial charge in [-0.3, -0.25) is 0 Å². The Morgan fingerprint density at radius 1 is 1.53 bits per heavy atom. The molecule has 15 heavy (non-hydrogen) atoms. The van der Waals surface area contributed by atoms with Crippen LogP contribution in [0.25, 0.3) is 0 Å². The fraction of sp³-hybridized carbons (Fsp3) is 0.818. The lowest BCUT2D eigenvalue weighted by Gasteiger charge is -2.02. The van der Waals surface area contributed by atoms with Crippen molar-refractivity contribution in [1.82, 2.24) is 10.1 Å². The van der Waals surface area contributed by atoms with Crippen molar-refractivity contribution < 1.29 is 4.52 Å². The molecular formula is C11H19N3O. The molecule has 4 heteroatoms. The monoisotopic (exact) mass is 209 g/mol. The Labute approximate surface area is 90.2 Å². The second kappa shape index (κ2) is 4.31. The number of hydrogen-bond acceptors (Lipinski definition) is 4. The van der Waals surface area contributed by atoms with Crippen molar-refractivity contribution in [3.63, 3.8) is 0 Å². The second-order valence-electron chi connectivity index (χ2n) is 4.62. The van der Waals surface area contributed by atoms with Gasteiger partial charge < -0.3 is 10.3 Å². The molecule has 2 rings (SSSR count). The minimum absolute atomic E-state index is 0.106. The molecule has 0 radical (unpaired) electrons. The maximum atomic E-state index is 5.84. The van der Waals surface area contributed by atoms with E-state index in [0.29, 0.717) is 11.8 Å². The van der Waals surface area contributed by atoms with Crippen LogP contribution in [0.3, 0.4) is 0 Å². The van der Waals surface area contributed by atoms with Crippen LogP contribution >= 0.6 is 0 Å². The smallest absolute Gasteiger partial charge is 0.243 e. The van der Waals surface area contributed by atoms with Crippen molar-refractivity contribution in [2.75, 3.05) is 0 Å². The zero-order valence-corrected chi connectivity index (χ0v) is 9.44. The third-order valence-corrected chi connectivity index (χ3v) is 3.27. The van der Waals surface area contributed by atoms with Crippen LogP contribution in [0.2, 0.25) is 0 Å². The predicted octanol–water partition coefficient (Wildman–Crippen LogP) is 2.38. The Morgan fingerprint density at radius 3 is 2.93 bits per heavy atom. The van der Waals surface area contributed by atoms with Crippen LogP contribution in [0.5, 0.6) is 0 Å². The molecule has 2 unspecified atom stereocenters. The summed E-state index contributed by atoms with van der Waals surface area (Å²) in [7, 11) is 0. The van der Waals surface area contributed by atoms with Gasteiger partial charge in [-0.25, -0.2) is 0 Å². The summed E-state index contributed by atoms with van der Waals surface area (Å²) >= 11 is 0. The Morgan fingerprint density at radius 2 is 2.33 bits per heavy atom. The summed E-state index contributed by atoms with van der Waals surface area (Å²) < 4.78 is 5.18. The quantitative estimate of drug-likeness (QED) is 0.830. The topological polar surface area (TPSA) is 64.9 Å². The molecule has 1 aliphatic rings. The van der Waals surface area contributed by atoms with Crippen LogP contribution in [0, 0.1) is 5.92 Å². The van der Waals surface area contributed by atoms with Crippen molar-refractivity contribution in [3.05, 3.63) is 11.7 Å². The highest BCUT2D eigenvalue weighted by atomic mass is 16.5. The molecular weight excluding hydrogens is 190 g/mol. The van der Waals surface area contributed by atoms with E-state index >= 15 is 0 Å². The lowest BCUT2D eigenvalue weighted by Crippen LogP contribution is -2.09. The molecule has 0 aliphatic heterocycles. The van der Waals surface area contributed by atoms with Crippen LogP contribution < -0.4 is 5.73 Å². The number of nitrogens with zero attached hydrogens (tertiary/aromatic N) is 2. The summed E-state index contributed by atoms with van der Waals surface area (Å²) in [6, 6.07) is -0.106. The van der Waals surface area contributed by atoms with Crippen LogP contribution in [-0.4, -0.2) is 10.1 Å². The Balaban J connectivity index is 2.07. The third kappa shape index (κ3) is 2.20. The third-order valence-electron chi connectivity index (χ3n) is 3.27. The standard InChI is InChI=1S/C11H19N3O/c1-3-9(12)11-13-10(14-15-11)8-5-4-7(2)6-8/h7-9H,3-6,12H2,1-2H3/t7?,8?,9-/m0/s1. The summed E-state index contributed by atoms with van der Waals surface area (Å²) in [5.41, 5.74) is 5.84. The van der Waals surface area contributed by atoms with E-state index in [-0.39, 0.29) is 6.04 Å². The maximum absolute atomic E-state index is 5.84. The lowest BCUT2D eigenvalue weighted by molar-refractivity contribution is 0.345. The number of nitrogens with two attached hydrogens (primary N) is 1. The van der Waals surface area contributed by atoms with Crippen LogP contribution in [0.1, 0.15) is 63.2 Å². The van der Waals surface area contributed by atoms with E-state index in [1.165, 1.54) is 19.3 Å². The molecule has 4 nitrogen and oxygen atoms in total. The SMILES string of the molecule is CC[C@H](N)c1nc(C2CCC(C)C2)no1. The second-order valence-corrected chi connectivity index (χ2v) is 4.62. The summed E-state index contributed by atoms with van der Waals surface area (Å²) in [6.45, 7) is 4.30. The van der Waals surface area contributed by atoms with Crippen molar-refractivity contribution in [3.8, 4) is 0 Å². The fourth-order valence-electron chi connectivity index (χ4n) is 2.18. The van der Waals surface area contributed by atoms with Crippen molar-refractivity contribution in [1.29, 1.82) is 0 Å². The van der Waals surface area contributed by atoms with Crippen LogP contribution in [0.4, 0.5) is 0 Å². The average molecular weight is 209 g/mol. The van der Waals surface area contributed by atoms with Gasteiger partial charge in [-0.05, 0) is 31.6 Å². The number of rotatable bonds is 3. The highest BCUT2D eigenvalue weighted by Gasteiger charge is 2.27. The Kier molecular flexibility index (Phi) is 3.05. The van der Waals surface area contributed by atoms with Gasteiger partial charge in [0.15, 0.2) is 5.82 Å². The van der Waals surface area contributed by atoms with Crippen LogP contribution in [0.15, 0.2) is 4.52 Å². The van der Waals surface area contributed by atoms with Gasteiger partial charge in [0, 0.05) is 5.92 Å². The molecule has 2 N–H and O–H groups in total. The lowest BCUT2D eigenvalue weighted by atomic mass is 10.1. The van der Waals surface area contributed by atoms with E-state index in [0.717, 1.165) is 18.2 Å². The molecule has 0 spiro atoms. The first-order valence-corrected chi connectivity index (χ1v) is 5.79. The number of hydrogen-bond donors (Lipinski definition) is 1. The minimum Gasteiger partial charge on any atom is -0.338 e. The normalized spacial score (nSPS) is 28.2. The van der Waals surface area contributed by atoms with Gasteiger partial charge in [0.1, 0.15) is 0 Å². The Bertz CT molecular complexity index is 323. The molecule has 0 aromatic carbocycles. The molecule has 1 heterocycles. The van der Waals surface area contributed by atoms with Crippen molar-refractivity contribution in [2.24, 2.45) is 11.7 Å². The predicted molar refractivity (Wildman–Crippen MR) is 57.3 cm³/mol. The van der Waals surface area contributed by atoms with E-state index in [2.05, 4.69) is 17.1 Å². The van der Waals surface area contributed by atoms with Crippen molar-refractivity contribution >= 4 is 0 Å². The summed E-state index contributed by atoms with van der Waals surface area (Å²) in [6.07, 6.45) is 4.47. The van der Waals surface area contributed by atoms with E-state index in [1.807, 2.05) is 6.92 Å². The molecule has 84 valence electrons. The van der Waals surface area contributed by atoms with Crippen molar-refractivity contribution in [2.45, 2.75) is 51.5 Å². The van der Waals surface area contributed by atoms with Gasteiger partial charge in [-0.2, -0.15) is 4.98 Å². The Hall–Kier alpha value is -0.900. The highest BCUT2D eigenvalue weighted by Crippen LogP contribution is 2.36. The molecule has 1 saturated carbocycles. The fourth-order valence-corrected chi connectivity index (χ4v) is 2.18. The van der Waals surface area contributed by atoms with Gasteiger partial charge in [0.25, 0.3) is 0 Å². The molecule has 1 fully saturated rings. The van der Waals surface area contributed by atoms with E-state index in [9.17, 15) is 0 Å². The molecule has 1 aliphatic carbocycles.